The number of likely N-dealkylation sites (tertiary alicyclic amines) is 1. The van der Waals surface area contributed by atoms with Crippen LogP contribution in [-0.2, 0) is 6.54 Å². The van der Waals surface area contributed by atoms with Crippen LogP contribution in [0.25, 0.3) is 11.5 Å². The highest BCUT2D eigenvalue weighted by Crippen LogP contribution is 2.16. The Kier molecular flexibility index (Phi) is 3.24. The third kappa shape index (κ3) is 2.62. The summed E-state index contributed by atoms with van der Waals surface area (Å²) in [4.78, 5) is 10.3. The highest BCUT2D eigenvalue weighted by molar-refractivity contribution is 5.46. The SMILES string of the molecule is O[C@@H]1CN(Cc2nc(-c3ccccn3)no2)C[C@@H]1O. The molecular weight excluding hydrogens is 248 g/mol. The second-order valence-electron chi connectivity index (χ2n) is 4.56. The molecule has 3 heterocycles. The van der Waals surface area contributed by atoms with Crippen molar-refractivity contribution in [2.24, 2.45) is 0 Å². The van der Waals surface area contributed by atoms with E-state index in [1.807, 2.05) is 17.0 Å². The molecule has 0 aromatic carbocycles. The first-order valence-electron chi connectivity index (χ1n) is 6.05. The first-order chi connectivity index (χ1) is 9.22. The standard InChI is InChI=1S/C12H14N4O3/c17-9-5-16(6-10(9)18)7-11-14-12(15-19-11)8-3-1-2-4-13-8/h1-4,9-10,17-18H,5-7H2/t9-,10+. The number of β-amino-alcohol motifs (C(OH)–C–C–N with tert-alkyl or cyclic N) is 2. The summed E-state index contributed by atoms with van der Waals surface area (Å²) >= 11 is 0. The van der Waals surface area contributed by atoms with Crippen LogP contribution in [0.1, 0.15) is 5.89 Å². The van der Waals surface area contributed by atoms with E-state index in [2.05, 4.69) is 15.1 Å². The molecule has 7 nitrogen and oxygen atoms in total. The van der Waals surface area contributed by atoms with Gasteiger partial charge in [-0.2, -0.15) is 4.98 Å². The molecule has 19 heavy (non-hydrogen) atoms. The molecule has 2 aromatic rings. The van der Waals surface area contributed by atoms with Crippen LogP contribution >= 0.6 is 0 Å². The van der Waals surface area contributed by atoms with Gasteiger partial charge in [-0.25, -0.2) is 0 Å². The number of rotatable bonds is 3. The molecule has 0 bridgehead atoms. The Morgan fingerprint density at radius 3 is 2.74 bits per heavy atom. The van der Waals surface area contributed by atoms with E-state index in [0.717, 1.165) is 0 Å². The van der Waals surface area contributed by atoms with E-state index in [-0.39, 0.29) is 0 Å². The molecule has 1 fully saturated rings. The summed E-state index contributed by atoms with van der Waals surface area (Å²) in [5, 5.41) is 22.8. The van der Waals surface area contributed by atoms with E-state index in [1.165, 1.54) is 0 Å². The molecule has 0 spiro atoms. The van der Waals surface area contributed by atoms with Crippen molar-refractivity contribution < 1.29 is 14.7 Å². The summed E-state index contributed by atoms with van der Waals surface area (Å²) in [6, 6.07) is 5.47. The molecule has 0 amide bonds. The molecule has 7 heteroatoms. The molecule has 1 saturated heterocycles. The van der Waals surface area contributed by atoms with Gasteiger partial charge in [0.05, 0.1) is 18.8 Å². The molecule has 0 unspecified atom stereocenters. The van der Waals surface area contributed by atoms with Gasteiger partial charge in [0, 0.05) is 19.3 Å². The quantitative estimate of drug-likeness (QED) is 0.781. The minimum absolute atomic E-state index is 0.405. The lowest BCUT2D eigenvalue weighted by molar-refractivity contribution is 0.0572. The summed E-state index contributed by atoms with van der Waals surface area (Å²) in [7, 11) is 0. The number of pyridine rings is 1. The Morgan fingerprint density at radius 2 is 2.05 bits per heavy atom. The first kappa shape index (κ1) is 12.2. The molecule has 2 aromatic heterocycles. The molecule has 1 aliphatic heterocycles. The van der Waals surface area contributed by atoms with Crippen molar-refractivity contribution >= 4 is 0 Å². The number of nitrogens with zero attached hydrogens (tertiary/aromatic N) is 4. The molecule has 2 atom stereocenters. The van der Waals surface area contributed by atoms with Crippen molar-refractivity contribution in [2.45, 2.75) is 18.8 Å². The summed E-state index contributed by atoms with van der Waals surface area (Å²) in [5.74, 6) is 0.887. The fourth-order valence-corrected chi connectivity index (χ4v) is 2.09. The molecule has 1 aliphatic rings. The zero-order valence-electron chi connectivity index (χ0n) is 10.2. The zero-order chi connectivity index (χ0) is 13.2. The van der Waals surface area contributed by atoms with Crippen molar-refractivity contribution in [1.29, 1.82) is 0 Å². The lowest BCUT2D eigenvalue weighted by Crippen LogP contribution is -2.22. The molecule has 100 valence electrons. The average Bonchev–Trinajstić information content (AvgIpc) is 2.99. The molecular formula is C12H14N4O3. The van der Waals surface area contributed by atoms with Gasteiger partial charge in [-0.05, 0) is 12.1 Å². The van der Waals surface area contributed by atoms with Crippen LogP contribution in [0.3, 0.4) is 0 Å². The lowest BCUT2D eigenvalue weighted by atomic mass is 10.3. The van der Waals surface area contributed by atoms with E-state index in [1.54, 1.807) is 12.3 Å². The van der Waals surface area contributed by atoms with Crippen molar-refractivity contribution in [2.75, 3.05) is 13.1 Å². The van der Waals surface area contributed by atoms with E-state index in [0.29, 0.717) is 37.0 Å². The van der Waals surface area contributed by atoms with E-state index < -0.39 is 12.2 Å². The van der Waals surface area contributed by atoms with Crippen LogP contribution in [0.2, 0.25) is 0 Å². The Hall–Kier alpha value is -1.83. The van der Waals surface area contributed by atoms with Crippen molar-refractivity contribution in [3.63, 3.8) is 0 Å². The van der Waals surface area contributed by atoms with E-state index >= 15 is 0 Å². The van der Waals surface area contributed by atoms with Crippen LogP contribution in [0, 0.1) is 0 Å². The zero-order valence-corrected chi connectivity index (χ0v) is 10.2. The molecule has 2 N–H and O–H groups in total. The van der Waals surface area contributed by atoms with Crippen LogP contribution in [-0.4, -0.2) is 55.5 Å². The van der Waals surface area contributed by atoms with Gasteiger partial charge in [0.2, 0.25) is 11.7 Å². The number of hydrogen-bond donors (Lipinski definition) is 2. The highest BCUT2D eigenvalue weighted by atomic mass is 16.5. The minimum atomic E-state index is -0.710. The second kappa shape index (κ2) is 5.04. The van der Waals surface area contributed by atoms with Crippen LogP contribution < -0.4 is 0 Å². The topological polar surface area (TPSA) is 95.5 Å². The van der Waals surface area contributed by atoms with E-state index in [9.17, 15) is 10.2 Å². The summed E-state index contributed by atoms with van der Waals surface area (Å²) < 4.78 is 5.15. The predicted molar refractivity (Wildman–Crippen MR) is 64.8 cm³/mol. The molecule has 0 aliphatic carbocycles. The van der Waals surface area contributed by atoms with Crippen LogP contribution in [0.4, 0.5) is 0 Å². The van der Waals surface area contributed by atoms with Gasteiger partial charge in [0.15, 0.2) is 0 Å². The van der Waals surface area contributed by atoms with Gasteiger partial charge >= 0.3 is 0 Å². The number of aliphatic hydroxyl groups is 2. The van der Waals surface area contributed by atoms with Gasteiger partial charge in [-0.3, -0.25) is 9.88 Å². The molecule has 0 radical (unpaired) electrons. The Labute approximate surface area is 109 Å². The van der Waals surface area contributed by atoms with Crippen molar-refractivity contribution in [3.8, 4) is 11.5 Å². The van der Waals surface area contributed by atoms with Gasteiger partial charge < -0.3 is 14.7 Å². The number of aliphatic hydroxyl groups excluding tert-OH is 2. The monoisotopic (exact) mass is 262 g/mol. The van der Waals surface area contributed by atoms with Crippen LogP contribution in [0.15, 0.2) is 28.9 Å². The molecule has 3 rings (SSSR count). The maximum absolute atomic E-state index is 9.46. The van der Waals surface area contributed by atoms with Crippen molar-refractivity contribution in [3.05, 3.63) is 30.3 Å². The summed E-state index contributed by atoms with van der Waals surface area (Å²) in [6.45, 7) is 1.22. The normalized spacial score (nSPS) is 23.9. The van der Waals surface area contributed by atoms with E-state index in [4.69, 9.17) is 4.52 Å². The van der Waals surface area contributed by atoms with Gasteiger partial charge in [0.25, 0.3) is 0 Å². The predicted octanol–water partition coefficient (Wildman–Crippen LogP) is -0.331. The third-order valence-corrected chi connectivity index (χ3v) is 3.06. The smallest absolute Gasteiger partial charge is 0.241 e. The highest BCUT2D eigenvalue weighted by Gasteiger charge is 2.30. The summed E-state index contributed by atoms with van der Waals surface area (Å²) in [6.07, 6.45) is 0.245. The Morgan fingerprint density at radius 1 is 1.26 bits per heavy atom. The number of hydrogen-bond acceptors (Lipinski definition) is 7. The Balaban J connectivity index is 1.69. The minimum Gasteiger partial charge on any atom is -0.389 e. The lowest BCUT2D eigenvalue weighted by Gasteiger charge is -2.10. The van der Waals surface area contributed by atoms with Gasteiger partial charge in [-0.15, -0.1) is 0 Å². The number of aromatic nitrogens is 3. The maximum Gasteiger partial charge on any atom is 0.241 e. The average molecular weight is 262 g/mol. The largest absolute Gasteiger partial charge is 0.389 e. The maximum atomic E-state index is 9.46. The third-order valence-electron chi connectivity index (χ3n) is 3.06. The van der Waals surface area contributed by atoms with Crippen LogP contribution in [0.5, 0.6) is 0 Å². The van der Waals surface area contributed by atoms with Gasteiger partial charge in [0.1, 0.15) is 5.69 Å². The van der Waals surface area contributed by atoms with Crippen molar-refractivity contribution in [1.82, 2.24) is 20.0 Å². The first-order valence-corrected chi connectivity index (χ1v) is 6.05. The fourth-order valence-electron chi connectivity index (χ4n) is 2.09. The van der Waals surface area contributed by atoms with Gasteiger partial charge in [-0.1, -0.05) is 11.2 Å². The summed E-state index contributed by atoms with van der Waals surface area (Å²) in [5.41, 5.74) is 0.652. The Bertz CT molecular complexity index is 535. The fraction of sp³-hybridized carbons (Fsp3) is 0.417. The molecule has 0 saturated carbocycles. The second-order valence-corrected chi connectivity index (χ2v) is 4.56.